The van der Waals surface area contributed by atoms with E-state index in [1.807, 2.05) is 6.92 Å². The molecule has 69 heavy (non-hydrogen) atoms. The van der Waals surface area contributed by atoms with Crippen LogP contribution in [0.1, 0.15) is 78.1 Å². The quantitative estimate of drug-likeness (QED) is 0.149. The molecular formula is C48H75N3O18. The molecule has 0 aromatic heterocycles. The van der Waals surface area contributed by atoms with E-state index >= 15 is 0 Å². The first kappa shape index (κ1) is 59.1. The van der Waals surface area contributed by atoms with Crippen LogP contribution in [0.3, 0.4) is 0 Å². The molecule has 0 aromatic carbocycles. The SMILES string of the molecule is C[C@H]1C[C@H](O)[C@@H](C)/C=C/C=C/C=C/C=C/C=C/C=C/C=C/[C@H](O[C@@H]2OC[C@@H](O)[C@H](N)[C@@H]2O)C[C@@H]2O[C@](O)(C[C@@H](O)C[C@@H](O)[C@H](O)CC[C@@H](O)C[C@@H](O)CC(=O)O1)C[C@H](O)C2NC(=O)NCCC(=O)O. The second-order valence-corrected chi connectivity index (χ2v) is 17.9. The number of carbonyl (C=O) groups is 3. The number of aliphatic hydroxyl groups excluding tert-OH is 9. The summed E-state index contributed by atoms with van der Waals surface area (Å²) in [4.78, 5) is 36.5. The van der Waals surface area contributed by atoms with Gasteiger partial charge in [0.25, 0.3) is 0 Å². The van der Waals surface area contributed by atoms with Crippen molar-refractivity contribution >= 4 is 18.0 Å². The number of aliphatic carboxylic acids is 1. The Balaban J connectivity index is 1.90. The van der Waals surface area contributed by atoms with Gasteiger partial charge >= 0.3 is 18.0 Å². The first-order chi connectivity index (χ1) is 32.7. The summed E-state index contributed by atoms with van der Waals surface area (Å²) in [5, 5.41) is 122. The fraction of sp³-hybridized carbons (Fsp3) is 0.646. The minimum absolute atomic E-state index is 0.115. The molecule has 17 atom stereocenters. The summed E-state index contributed by atoms with van der Waals surface area (Å²) < 4.78 is 23.1. The van der Waals surface area contributed by atoms with Crippen molar-refractivity contribution in [3.8, 4) is 0 Å². The molecule has 0 aromatic rings. The molecule has 2 saturated heterocycles. The Morgan fingerprint density at radius 1 is 0.725 bits per heavy atom. The standard InChI is InChI=1S/C48H75N3O18/c1-29-15-13-11-9-7-5-3-4-6-8-10-12-14-16-34(68-46-45(63)43(49)39(59)28-66-46)25-40-44(51-47(64)50-20-19-41(60)61)38(58)27-48(65,69-40)26-33(54)23-37(57)35(55)18-17-31(52)22-32(53)24-42(62)67-30(2)21-36(29)56/h3-16,29-40,43-46,52-59,63,65H,17-28,49H2,1-2H3,(H,60,61)(H2,50,51,64)/b4-3+,7-5+,8-6+,11-9+,12-10+,15-13+,16-14+/t29-,30-,31+,32+,33-,34-,35+,36-,37+,38-,39+,40-,43-,44?,45-,46-,48+/m0/s1. The van der Waals surface area contributed by atoms with E-state index in [2.05, 4.69) is 10.6 Å². The third-order valence-corrected chi connectivity index (χ3v) is 11.7. The van der Waals surface area contributed by atoms with Gasteiger partial charge in [-0.15, -0.1) is 0 Å². The number of nitrogens with one attached hydrogen (secondary N) is 2. The maximum absolute atomic E-state index is 12.9. The number of allylic oxidation sites excluding steroid dienone is 12. The lowest BCUT2D eigenvalue weighted by Gasteiger charge is -2.46. The Labute approximate surface area is 402 Å². The number of amides is 2. The summed E-state index contributed by atoms with van der Waals surface area (Å²) >= 11 is 0. The summed E-state index contributed by atoms with van der Waals surface area (Å²) in [6.07, 6.45) is 4.45. The fourth-order valence-corrected chi connectivity index (χ4v) is 7.84. The summed E-state index contributed by atoms with van der Waals surface area (Å²) in [7, 11) is 0. The summed E-state index contributed by atoms with van der Waals surface area (Å²) in [5.74, 6) is -4.49. The van der Waals surface area contributed by atoms with Crippen molar-refractivity contribution in [3.05, 3.63) is 85.1 Å². The molecule has 21 nitrogen and oxygen atoms in total. The Kier molecular flexibility index (Phi) is 26.2. The lowest BCUT2D eigenvalue weighted by atomic mass is 9.87. The summed E-state index contributed by atoms with van der Waals surface area (Å²) in [6.45, 7) is 2.90. The zero-order valence-corrected chi connectivity index (χ0v) is 39.2. The van der Waals surface area contributed by atoms with Gasteiger partial charge in [-0.3, -0.25) is 9.59 Å². The van der Waals surface area contributed by atoms with Crippen LogP contribution in [0.5, 0.6) is 0 Å². The number of aliphatic hydroxyl groups is 10. The number of rotatable bonds is 6. The molecule has 3 aliphatic heterocycles. The summed E-state index contributed by atoms with van der Waals surface area (Å²) in [5.41, 5.74) is 5.98. The van der Waals surface area contributed by atoms with Crippen LogP contribution < -0.4 is 16.4 Å². The molecule has 21 heteroatoms. The van der Waals surface area contributed by atoms with Crippen molar-refractivity contribution in [2.24, 2.45) is 11.7 Å². The Morgan fingerprint density at radius 3 is 1.96 bits per heavy atom. The largest absolute Gasteiger partial charge is 0.481 e. The Morgan fingerprint density at radius 2 is 1.33 bits per heavy atom. The van der Waals surface area contributed by atoms with Crippen molar-refractivity contribution in [2.75, 3.05) is 13.2 Å². The lowest BCUT2D eigenvalue weighted by molar-refractivity contribution is -0.299. The van der Waals surface area contributed by atoms with E-state index in [1.165, 1.54) is 0 Å². The number of esters is 1. The van der Waals surface area contributed by atoms with Crippen LogP contribution in [-0.2, 0) is 28.5 Å². The Hall–Kier alpha value is -4.17. The number of carboxylic acid groups (broad SMARTS) is 1. The van der Waals surface area contributed by atoms with E-state index in [4.69, 9.17) is 29.8 Å². The molecule has 15 N–H and O–H groups in total. The van der Waals surface area contributed by atoms with Crippen LogP contribution >= 0.6 is 0 Å². The first-order valence-electron chi connectivity index (χ1n) is 23.4. The van der Waals surface area contributed by atoms with E-state index < -0.39 is 147 Å². The predicted molar refractivity (Wildman–Crippen MR) is 249 cm³/mol. The number of carbonyl (C=O) groups excluding carboxylic acids is 2. The van der Waals surface area contributed by atoms with Crippen molar-refractivity contribution in [2.45, 2.75) is 175 Å². The molecule has 3 rings (SSSR count). The fourth-order valence-electron chi connectivity index (χ4n) is 7.84. The number of hydrogen-bond donors (Lipinski definition) is 14. The maximum atomic E-state index is 12.9. The number of cyclic esters (lactones) is 1. The molecule has 3 heterocycles. The van der Waals surface area contributed by atoms with Gasteiger partial charge in [-0.1, -0.05) is 92.0 Å². The summed E-state index contributed by atoms with van der Waals surface area (Å²) in [6, 6.07) is -3.30. The van der Waals surface area contributed by atoms with Crippen molar-refractivity contribution in [3.63, 3.8) is 0 Å². The van der Waals surface area contributed by atoms with Crippen LogP contribution in [0.15, 0.2) is 85.1 Å². The monoisotopic (exact) mass is 982 g/mol. The molecule has 3 aliphatic rings. The average molecular weight is 982 g/mol. The molecule has 2 fully saturated rings. The van der Waals surface area contributed by atoms with Crippen LogP contribution in [0.25, 0.3) is 0 Å². The number of carboxylic acids is 1. The third-order valence-electron chi connectivity index (χ3n) is 11.7. The molecule has 2 amide bonds. The Bertz CT molecular complexity index is 1780. The predicted octanol–water partition coefficient (Wildman–Crippen LogP) is -0.481. The van der Waals surface area contributed by atoms with Gasteiger partial charge in [0.2, 0.25) is 0 Å². The van der Waals surface area contributed by atoms with Crippen molar-refractivity contribution in [1.82, 2.24) is 10.6 Å². The topological polar surface area (TPSA) is 361 Å². The van der Waals surface area contributed by atoms with E-state index in [0.717, 1.165) is 0 Å². The van der Waals surface area contributed by atoms with E-state index in [1.54, 1.807) is 92.0 Å². The normalized spacial score (nSPS) is 41.2. The average Bonchev–Trinajstić information content (AvgIpc) is 3.25. The zero-order chi connectivity index (χ0) is 51.1. The van der Waals surface area contributed by atoms with Gasteiger partial charge in [0.1, 0.15) is 12.2 Å². The molecular weight excluding hydrogens is 907 g/mol. The number of fused-ring (bicyclic) bond motifs is 2. The molecule has 0 saturated carbocycles. The van der Waals surface area contributed by atoms with Gasteiger partial charge in [-0.2, -0.15) is 0 Å². The van der Waals surface area contributed by atoms with Gasteiger partial charge < -0.3 is 91.5 Å². The second-order valence-electron chi connectivity index (χ2n) is 17.9. The molecule has 2 bridgehead atoms. The maximum Gasteiger partial charge on any atom is 0.315 e. The molecule has 1 unspecified atom stereocenters. The van der Waals surface area contributed by atoms with Gasteiger partial charge in [0.05, 0.1) is 92.6 Å². The van der Waals surface area contributed by atoms with Crippen molar-refractivity contribution in [1.29, 1.82) is 0 Å². The van der Waals surface area contributed by atoms with Crippen LogP contribution in [0.2, 0.25) is 0 Å². The number of nitrogens with two attached hydrogens (primary N) is 1. The molecule has 0 spiro atoms. The van der Waals surface area contributed by atoms with Crippen LogP contribution in [0.4, 0.5) is 4.79 Å². The van der Waals surface area contributed by atoms with E-state index in [9.17, 15) is 65.4 Å². The zero-order valence-electron chi connectivity index (χ0n) is 39.2. The van der Waals surface area contributed by atoms with E-state index in [-0.39, 0.29) is 51.2 Å². The minimum atomic E-state index is -2.31. The first-order valence-corrected chi connectivity index (χ1v) is 23.4. The second kappa shape index (κ2) is 30.5. The third kappa shape index (κ3) is 22.6. The number of urea groups is 1. The van der Waals surface area contributed by atoms with Gasteiger partial charge in [0, 0.05) is 44.6 Å². The van der Waals surface area contributed by atoms with E-state index in [0.29, 0.717) is 0 Å². The molecule has 0 aliphatic carbocycles. The highest BCUT2D eigenvalue weighted by molar-refractivity contribution is 5.75. The van der Waals surface area contributed by atoms with Crippen molar-refractivity contribution < 1.29 is 89.5 Å². The van der Waals surface area contributed by atoms with Gasteiger partial charge in [-0.25, -0.2) is 4.79 Å². The molecule has 390 valence electrons. The highest BCUT2D eigenvalue weighted by atomic mass is 16.7. The van der Waals surface area contributed by atoms with Crippen LogP contribution in [0, 0.1) is 5.92 Å². The number of ether oxygens (including phenoxy) is 4. The number of hydrogen-bond acceptors (Lipinski definition) is 18. The van der Waals surface area contributed by atoms with Gasteiger partial charge in [-0.05, 0) is 26.2 Å². The van der Waals surface area contributed by atoms with Crippen LogP contribution in [-0.4, -0.2) is 185 Å². The van der Waals surface area contributed by atoms with Gasteiger partial charge in [0.15, 0.2) is 12.1 Å². The highest BCUT2D eigenvalue weighted by Gasteiger charge is 2.48. The highest BCUT2D eigenvalue weighted by Crippen LogP contribution is 2.35. The minimum Gasteiger partial charge on any atom is -0.481 e. The lowest BCUT2D eigenvalue weighted by Crippen LogP contribution is -2.63. The smallest absolute Gasteiger partial charge is 0.315 e. The molecule has 0 radical (unpaired) electrons.